The summed E-state index contributed by atoms with van der Waals surface area (Å²) in [5.41, 5.74) is 9.11. The van der Waals surface area contributed by atoms with E-state index in [9.17, 15) is 4.79 Å². The number of nitrogens with one attached hydrogen (secondary N) is 1. The van der Waals surface area contributed by atoms with Gasteiger partial charge in [0.15, 0.2) is 0 Å². The monoisotopic (exact) mass is 336 g/mol. The molecule has 2 aromatic heterocycles. The van der Waals surface area contributed by atoms with E-state index in [0.29, 0.717) is 29.0 Å². The smallest absolute Gasteiger partial charge is 0.342 e. The molecule has 0 bridgehead atoms. The Hall–Kier alpha value is -3.15. The third-order valence-corrected chi connectivity index (χ3v) is 3.66. The van der Waals surface area contributed by atoms with Gasteiger partial charge in [-0.3, -0.25) is 9.97 Å². The maximum Gasteiger partial charge on any atom is 0.342 e. The quantitative estimate of drug-likeness (QED) is 0.548. The molecule has 3 N–H and O–H groups in total. The van der Waals surface area contributed by atoms with E-state index in [4.69, 9.17) is 10.5 Å². The Morgan fingerprint density at radius 1 is 1.20 bits per heavy atom. The predicted molar refractivity (Wildman–Crippen MR) is 98.3 cm³/mol. The number of para-hydroxylation sites is 1. The van der Waals surface area contributed by atoms with Crippen LogP contribution in [0.4, 0.5) is 11.4 Å². The molecular formula is C19H20N4O2. The number of aromatic nitrogens is 2. The van der Waals surface area contributed by atoms with Crippen LogP contribution in [0.5, 0.6) is 0 Å². The minimum Gasteiger partial charge on any atom is -0.459 e. The van der Waals surface area contributed by atoms with E-state index in [-0.39, 0.29) is 6.10 Å². The summed E-state index contributed by atoms with van der Waals surface area (Å²) in [7, 11) is 0. The number of anilines is 2. The number of ether oxygens (including phenoxy) is 1. The zero-order chi connectivity index (χ0) is 17.8. The lowest BCUT2D eigenvalue weighted by atomic mass is 10.1. The number of nitrogen functional groups attached to an aromatic ring is 1. The van der Waals surface area contributed by atoms with Crippen LogP contribution < -0.4 is 11.1 Å². The van der Waals surface area contributed by atoms with E-state index in [1.807, 2.05) is 44.2 Å². The van der Waals surface area contributed by atoms with Crippen LogP contribution in [0, 0.1) is 0 Å². The summed E-state index contributed by atoms with van der Waals surface area (Å²) in [6, 6.07) is 11.2. The highest BCUT2D eigenvalue weighted by Gasteiger charge is 2.18. The van der Waals surface area contributed by atoms with Gasteiger partial charge in [0.2, 0.25) is 0 Å². The lowest BCUT2D eigenvalue weighted by Crippen LogP contribution is -2.15. The Bertz CT molecular complexity index is 895. The zero-order valence-corrected chi connectivity index (χ0v) is 14.2. The largest absolute Gasteiger partial charge is 0.459 e. The summed E-state index contributed by atoms with van der Waals surface area (Å²) >= 11 is 0. The number of rotatable bonds is 5. The van der Waals surface area contributed by atoms with Crippen molar-refractivity contribution in [2.75, 3.05) is 11.1 Å². The molecule has 25 heavy (non-hydrogen) atoms. The molecule has 0 radical (unpaired) electrons. The molecule has 1 aromatic carbocycles. The number of hydrogen-bond donors (Lipinski definition) is 2. The maximum atomic E-state index is 12.5. The molecule has 0 atom stereocenters. The van der Waals surface area contributed by atoms with Crippen LogP contribution >= 0.6 is 0 Å². The Balaban J connectivity index is 2.04. The lowest BCUT2D eigenvalue weighted by molar-refractivity contribution is 0.0379. The molecule has 0 saturated heterocycles. The topological polar surface area (TPSA) is 90.1 Å². The first-order chi connectivity index (χ1) is 12.1. The Morgan fingerprint density at radius 2 is 2.04 bits per heavy atom. The van der Waals surface area contributed by atoms with Crippen molar-refractivity contribution in [3.05, 3.63) is 60.0 Å². The molecule has 6 nitrogen and oxygen atoms in total. The van der Waals surface area contributed by atoms with Crippen molar-refractivity contribution in [2.45, 2.75) is 26.5 Å². The first kappa shape index (κ1) is 16.7. The first-order valence-electron chi connectivity index (χ1n) is 8.08. The number of carbonyl (C=O) groups is 1. The van der Waals surface area contributed by atoms with E-state index < -0.39 is 5.97 Å². The molecule has 0 saturated carbocycles. The fourth-order valence-corrected chi connectivity index (χ4v) is 2.55. The number of benzene rings is 1. The van der Waals surface area contributed by atoms with Gasteiger partial charge in [-0.25, -0.2) is 4.79 Å². The average Bonchev–Trinajstić information content (AvgIpc) is 2.60. The minimum atomic E-state index is -0.421. The molecule has 6 heteroatoms. The van der Waals surface area contributed by atoms with Crippen LogP contribution in [0.15, 0.2) is 48.8 Å². The summed E-state index contributed by atoms with van der Waals surface area (Å²) in [6.07, 6.45) is 3.02. The van der Waals surface area contributed by atoms with Crippen molar-refractivity contribution in [3.8, 4) is 0 Å². The third kappa shape index (κ3) is 3.68. The van der Waals surface area contributed by atoms with Gasteiger partial charge in [0.05, 0.1) is 35.2 Å². The van der Waals surface area contributed by atoms with Crippen LogP contribution in [0.25, 0.3) is 10.9 Å². The molecule has 0 spiro atoms. The highest BCUT2D eigenvalue weighted by Crippen LogP contribution is 2.30. The third-order valence-electron chi connectivity index (χ3n) is 3.66. The van der Waals surface area contributed by atoms with E-state index in [0.717, 1.165) is 11.1 Å². The molecule has 0 unspecified atom stereocenters. The van der Waals surface area contributed by atoms with E-state index >= 15 is 0 Å². The molecule has 0 amide bonds. The molecular weight excluding hydrogens is 316 g/mol. The Labute approximate surface area is 146 Å². The van der Waals surface area contributed by atoms with Crippen molar-refractivity contribution < 1.29 is 9.53 Å². The normalized spacial score (nSPS) is 10.8. The fraction of sp³-hybridized carbons (Fsp3) is 0.211. The van der Waals surface area contributed by atoms with Crippen molar-refractivity contribution in [3.63, 3.8) is 0 Å². The van der Waals surface area contributed by atoms with Gasteiger partial charge in [0, 0.05) is 17.8 Å². The average molecular weight is 336 g/mol. The molecule has 0 aliphatic heterocycles. The number of fused-ring (bicyclic) bond motifs is 1. The second-order valence-electron chi connectivity index (χ2n) is 5.92. The highest BCUT2D eigenvalue weighted by molar-refractivity contribution is 6.07. The van der Waals surface area contributed by atoms with Gasteiger partial charge >= 0.3 is 5.97 Å². The first-order valence-corrected chi connectivity index (χ1v) is 8.08. The van der Waals surface area contributed by atoms with Gasteiger partial charge in [-0.2, -0.15) is 0 Å². The molecule has 128 valence electrons. The summed E-state index contributed by atoms with van der Waals surface area (Å²) in [4.78, 5) is 21.1. The van der Waals surface area contributed by atoms with Crippen LogP contribution in [0.3, 0.4) is 0 Å². The number of nitrogens with zero attached hydrogens (tertiary/aromatic N) is 2. The summed E-state index contributed by atoms with van der Waals surface area (Å²) in [5, 5.41) is 4.07. The van der Waals surface area contributed by atoms with Crippen LogP contribution in [0.1, 0.15) is 29.9 Å². The highest BCUT2D eigenvalue weighted by atomic mass is 16.5. The van der Waals surface area contributed by atoms with Gasteiger partial charge in [0.1, 0.15) is 5.56 Å². The second-order valence-corrected chi connectivity index (χ2v) is 5.92. The number of pyridine rings is 2. The lowest BCUT2D eigenvalue weighted by Gasteiger charge is -2.16. The van der Waals surface area contributed by atoms with Crippen molar-refractivity contribution in [1.29, 1.82) is 0 Å². The SMILES string of the molecule is CC(C)OC(=O)c1cnc2c(N)cccc2c1NCc1ccccn1. The van der Waals surface area contributed by atoms with Gasteiger partial charge in [-0.15, -0.1) is 0 Å². The van der Waals surface area contributed by atoms with E-state index in [2.05, 4.69) is 15.3 Å². The summed E-state index contributed by atoms with van der Waals surface area (Å²) < 4.78 is 5.34. The molecule has 0 fully saturated rings. The van der Waals surface area contributed by atoms with E-state index in [1.54, 1.807) is 12.3 Å². The van der Waals surface area contributed by atoms with Crippen molar-refractivity contribution >= 4 is 28.2 Å². The summed E-state index contributed by atoms with van der Waals surface area (Å²) in [5.74, 6) is -0.421. The number of hydrogen-bond acceptors (Lipinski definition) is 6. The van der Waals surface area contributed by atoms with Crippen molar-refractivity contribution in [1.82, 2.24) is 9.97 Å². The molecule has 0 aliphatic rings. The number of nitrogens with two attached hydrogens (primary N) is 1. The second kappa shape index (κ2) is 7.17. The molecule has 2 heterocycles. The van der Waals surface area contributed by atoms with Crippen LogP contribution in [-0.4, -0.2) is 22.0 Å². The van der Waals surface area contributed by atoms with Gasteiger partial charge in [-0.1, -0.05) is 18.2 Å². The Kier molecular flexibility index (Phi) is 4.79. The fourth-order valence-electron chi connectivity index (χ4n) is 2.55. The summed E-state index contributed by atoms with van der Waals surface area (Å²) in [6.45, 7) is 4.09. The molecule has 3 rings (SSSR count). The van der Waals surface area contributed by atoms with Gasteiger partial charge in [0.25, 0.3) is 0 Å². The van der Waals surface area contributed by atoms with Crippen LogP contribution in [-0.2, 0) is 11.3 Å². The Morgan fingerprint density at radius 3 is 2.76 bits per heavy atom. The number of carbonyl (C=O) groups excluding carboxylic acids is 1. The zero-order valence-electron chi connectivity index (χ0n) is 14.2. The standard InChI is InChI=1S/C19H20N4O2/c1-12(2)25-19(24)15-11-23-18-14(7-5-8-16(18)20)17(15)22-10-13-6-3-4-9-21-13/h3-9,11-12H,10,20H2,1-2H3,(H,22,23). The van der Waals surface area contributed by atoms with Crippen LogP contribution in [0.2, 0.25) is 0 Å². The van der Waals surface area contributed by atoms with Crippen molar-refractivity contribution in [2.24, 2.45) is 0 Å². The molecule has 0 aliphatic carbocycles. The number of esters is 1. The maximum absolute atomic E-state index is 12.5. The predicted octanol–water partition coefficient (Wildman–Crippen LogP) is 3.39. The molecule has 3 aromatic rings. The minimum absolute atomic E-state index is 0.215. The van der Waals surface area contributed by atoms with Gasteiger partial charge < -0.3 is 15.8 Å². The van der Waals surface area contributed by atoms with Gasteiger partial charge in [-0.05, 0) is 32.0 Å². The van der Waals surface area contributed by atoms with E-state index in [1.165, 1.54) is 6.20 Å².